The molecule has 146 valence electrons. The number of carbonyl (C=O) groups excluding carboxylic acids is 2. The largest absolute Gasteiger partial charge is 0.476 e. The van der Waals surface area contributed by atoms with Gasteiger partial charge in [0.2, 0.25) is 12.0 Å². The van der Waals surface area contributed by atoms with Crippen molar-refractivity contribution in [3.63, 3.8) is 0 Å². The van der Waals surface area contributed by atoms with Crippen LogP contribution in [-0.2, 0) is 9.59 Å². The Morgan fingerprint density at radius 3 is 2.07 bits per heavy atom. The first kappa shape index (κ1) is 18.7. The summed E-state index contributed by atoms with van der Waals surface area (Å²) in [5.74, 6) is 0.478. The van der Waals surface area contributed by atoms with Crippen molar-refractivity contribution in [3.05, 3.63) is 90.5 Å². The highest BCUT2D eigenvalue weighted by Crippen LogP contribution is 2.30. The second kappa shape index (κ2) is 8.61. The van der Waals surface area contributed by atoms with Gasteiger partial charge in [0, 0.05) is 22.9 Å². The van der Waals surface area contributed by atoms with Gasteiger partial charge in [0.25, 0.3) is 5.91 Å². The highest BCUT2D eigenvalue weighted by Gasteiger charge is 2.29. The van der Waals surface area contributed by atoms with Gasteiger partial charge in [-0.2, -0.15) is 0 Å². The molecule has 0 aromatic heterocycles. The van der Waals surface area contributed by atoms with Crippen molar-refractivity contribution in [1.29, 1.82) is 0 Å². The van der Waals surface area contributed by atoms with Crippen molar-refractivity contribution in [2.75, 3.05) is 10.6 Å². The van der Waals surface area contributed by atoms with Crippen LogP contribution in [0.2, 0.25) is 0 Å². The van der Waals surface area contributed by atoms with Gasteiger partial charge in [0.15, 0.2) is 0 Å². The number of anilines is 2. The number of rotatable bonds is 7. The van der Waals surface area contributed by atoms with Crippen LogP contribution in [0.4, 0.5) is 11.4 Å². The van der Waals surface area contributed by atoms with Crippen LogP contribution in [0.1, 0.15) is 24.5 Å². The molecule has 0 aliphatic heterocycles. The maximum absolute atomic E-state index is 13.0. The Bertz CT molecular complexity index is 985. The van der Waals surface area contributed by atoms with Crippen molar-refractivity contribution in [3.8, 4) is 5.75 Å². The first-order valence-electron chi connectivity index (χ1n) is 9.67. The Balaban J connectivity index is 1.51. The fourth-order valence-electron chi connectivity index (χ4n) is 3.01. The standard InChI is InChI=1S/C24H22N2O3/c27-23(18-14-15-18)25-19-10-7-11-20(16-19)26-24(28)22(17-8-3-1-4-9-17)29-21-12-5-2-6-13-21/h1-13,16,18,22H,14-15H2,(H,25,27)(H,26,28). The predicted octanol–water partition coefficient (Wildman–Crippen LogP) is 4.79. The van der Waals surface area contributed by atoms with Crippen LogP contribution >= 0.6 is 0 Å². The van der Waals surface area contributed by atoms with Gasteiger partial charge in [-0.25, -0.2) is 0 Å². The van der Waals surface area contributed by atoms with Gasteiger partial charge in [-0.05, 0) is 43.2 Å². The van der Waals surface area contributed by atoms with E-state index in [0.717, 1.165) is 18.4 Å². The molecule has 0 bridgehead atoms. The smallest absolute Gasteiger partial charge is 0.270 e. The van der Waals surface area contributed by atoms with Gasteiger partial charge in [0.1, 0.15) is 5.75 Å². The molecule has 0 radical (unpaired) electrons. The molecule has 4 rings (SSSR count). The van der Waals surface area contributed by atoms with Crippen LogP contribution in [0.5, 0.6) is 5.75 Å². The quantitative estimate of drug-likeness (QED) is 0.613. The summed E-state index contributed by atoms with van der Waals surface area (Å²) in [6.07, 6.45) is 1.08. The maximum atomic E-state index is 13.0. The fourth-order valence-corrected chi connectivity index (χ4v) is 3.01. The number of carbonyl (C=O) groups is 2. The molecule has 1 aliphatic carbocycles. The second-order valence-electron chi connectivity index (χ2n) is 7.06. The van der Waals surface area contributed by atoms with Crippen molar-refractivity contribution >= 4 is 23.2 Å². The highest BCUT2D eigenvalue weighted by atomic mass is 16.5. The number of hydrogen-bond donors (Lipinski definition) is 2. The Morgan fingerprint density at radius 1 is 0.793 bits per heavy atom. The lowest BCUT2D eigenvalue weighted by Crippen LogP contribution is -2.25. The van der Waals surface area contributed by atoms with Crippen LogP contribution in [0, 0.1) is 5.92 Å². The van der Waals surface area contributed by atoms with Crippen LogP contribution in [0.15, 0.2) is 84.9 Å². The molecule has 29 heavy (non-hydrogen) atoms. The van der Waals surface area contributed by atoms with E-state index in [2.05, 4.69) is 10.6 Å². The normalized spacial score (nSPS) is 13.9. The molecular formula is C24H22N2O3. The van der Waals surface area contributed by atoms with E-state index in [1.54, 1.807) is 18.2 Å². The zero-order chi connectivity index (χ0) is 20.1. The second-order valence-corrected chi connectivity index (χ2v) is 7.06. The molecule has 0 saturated heterocycles. The third kappa shape index (κ3) is 5.02. The number of ether oxygens (including phenoxy) is 1. The lowest BCUT2D eigenvalue weighted by Gasteiger charge is -2.19. The zero-order valence-corrected chi connectivity index (χ0v) is 15.9. The Hall–Kier alpha value is -3.60. The van der Waals surface area contributed by atoms with E-state index in [-0.39, 0.29) is 17.7 Å². The summed E-state index contributed by atoms with van der Waals surface area (Å²) in [5.41, 5.74) is 2.02. The van der Waals surface area contributed by atoms with Gasteiger partial charge in [-0.3, -0.25) is 9.59 Å². The molecule has 5 nitrogen and oxygen atoms in total. The molecular weight excluding hydrogens is 364 g/mol. The molecule has 1 aliphatic rings. The summed E-state index contributed by atoms with van der Waals surface area (Å²) in [6, 6.07) is 25.8. The minimum atomic E-state index is -0.802. The fraction of sp³-hybridized carbons (Fsp3) is 0.167. The van der Waals surface area contributed by atoms with E-state index < -0.39 is 6.10 Å². The third-order valence-electron chi connectivity index (χ3n) is 4.68. The van der Waals surface area contributed by atoms with Crippen LogP contribution in [0.3, 0.4) is 0 Å². The van der Waals surface area contributed by atoms with Gasteiger partial charge >= 0.3 is 0 Å². The summed E-state index contributed by atoms with van der Waals surface area (Å²) in [6.45, 7) is 0. The summed E-state index contributed by atoms with van der Waals surface area (Å²) < 4.78 is 5.99. The van der Waals surface area contributed by atoms with E-state index in [9.17, 15) is 9.59 Å². The van der Waals surface area contributed by atoms with Gasteiger partial charge in [-0.15, -0.1) is 0 Å². The lowest BCUT2D eigenvalue weighted by molar-refractivity contribution is -0.123. The van der Waals surface area contributed by atoms with Crippen molar-refractivity contribution < 1.29 is 14.3 Å². The van der Waals surface area contributed by atoms with Crippen molar-refractivity contribution in [2.24, 2.45) is 5.92 Å². The number of nitrogens with one attached hydrogen (secondary N) is 2. The molecule has 1 unspecified atom stereocenters. The molecule has 1 atom stereocenters. The number of amides is 2. The molecule has 1 fully saturated rings. The summed E-state index contributed by atoms with van der Waals surface area (Å²) in [7, 11) is 0. The molecule has 5 heteroatoms. The number of benzene rings is 3. The summed E-state index contributed by atoms with van der Waals surface area (Å²) >= 11 is 0. The van der Waals surface area contributed by atoms with Crippen LogP contribution in [0.25, 0.3) is 0 Å². The van der Waals surface area contributed by atoms with Crippen molar-refractivity contribution in [2.45, 2.75) is 18.9 Å². The summed E-state index contributed by atoms with van der Waals surface area (Å²) in [5, 5.41) is 5.80. The molecule has 3 aromatic carbocycles. The van der Waals surface area contributed by atoms with Crippen molar-refractivity contribution in [1.82, 2.24) is 0 Å². The Labute approximate surface area is 169 Å². The summed E-state index contributed by atoms with van der Waals surface area (Å²) in [4.78, 5) is 25.0. The Kier molecular flexibility index (Phi) is 5.56. The minimum Gasteiger partial charge on any atom is -0.476 e. The first-order valence-corrected chi connectivity index (χ1v) is 9.67. The molecule has 3 aromatic rings. The first-order chi connectivity index (χ1) is 14.2. The molecule has 0 heterocycles. The minimum absolute atomic E-state index is 0.0306. The average molecular weight is 386 g/mol. The lowest BCUT2D eigenvalue weighted by atomic mass is 10.1. The van der Waals surface area contributed by atoms with Crippen LogP contribution < -0.4 is 15.4 Å². The van der Waals surface area contributed by atoms with E-state index in [4.69, 9.17) is 4.74 Å². The van der Waals surface area contributed by atoms with Gasteiger partial charge in [0.05, 0.1) is 0 Å². The topological polar surface area (TPSA) is 67.4 Å². The van der Waals surface area contributed by atoms with E-state index in [1.165, 1.54) is 0 Å². The molecule has 1 saturated carbocycles. The number of para-hydroxylation sites is 1. The van der Waals surface area contributed by atoms with E-state index in [1.807, 2.05) is 66.7 Å². The van der Waals surface area contributed by atoms with Gasteiger partial charge < -0.3 is 15.4 Å². The SMILES string of the molecule is O=C(Nc1cccc(NC(=O)C(Oc2ccccc2)c2ccccc2)c1)C1CC1. The third-order valence-corrected chi connectivity index (χ3v) is 4.68. The van der Waals surface area contributed by atoms with Gasteiger partial charge in [-0.1, -0.05) is 54.6 Å². The Morgan fingerprint density at radius 2 is 1.41 bits per heavy atom. The average Bonchev–Trinajstić information content (AvgIpc) is 3.59. The number of hydrogen-bond acceptors (Lipinski definition) is 3. The molecule has 2 amide bonds. The maximum Gasteiger partial charge on any atom is 0.270 e. The monoisotopic (exact) mass is 386 g/mol. The molecule has 0 spiro atoms. The van der Waals surface area contributed by atoms with E-state index in [0.29, 0.717) is 17.1 Å². The van der Waals surface area contributed by atoms with Crippen LogP contribution in [-0.4, -0.2) is 11.8 Å². The van der Waals surface area contributed by atoms with E-state index >= 15 is 0 Å². The molecule has 2 N–H and O–H groups in total. The predicted molar refractivity (Wildman–Crippen MR) is 113 cm³/mol. The highest BCUT2D eigenvalue weighted by molar-refractivity contribution is 5.97. The zero-order valence-electron chi connectivity index (χ0n) is 15.9.